The molecule has 2 rings (SSSR count). The summed E-state index contributed by atoms with van der Waals surface area (Å²) in [5, 5.41) is 10.1. The van der Waals surface area contributed by atoms with Gasteiger partial charge in [0.15, 0.2) is 9.84 Å². The van der Waals surface area contributed by atoms with Crippen molar-refractivity contribution in [2.45, 2.75) is 9.36 Å². The number of rotatable bonds is 4. The molecule has 0 fully saturated rings. The second-order valence-electron chi connectivity index (χ2n) is 4.61. The zero-order valence-corrected chi connectivity index (χ0v) is 13.9. The van der Waals surface area contributed by atoms with Crippen LogP contribution in [-0.2, 0) is 9.84 Å². The van der Waals surface area contributed by atoms with Crippen LogP contribution in [0.5, 0.6) is 0 Å². The highest BCUT2D eigenvalue weighted by Gasteiger charge is 2.27. The van der Waals surface area contributed by atoms with Crippen molar-refractivity contribution in [3.05, 3.63) is 60.2 Å². The van der Waals surface area contributed by atoms with Crippen LogP contribution >= 0.6 is 22.6 Å². The van der Waals surface area contributed by atoms with Crippen LogP contribution in [0, 0.1) is 0 Å². The first-order chi connectivity index (χ1) is 9.39. The predicted molar refractivity (Wildman–Crippen MR) is 89.5 cm³/mol. The Hall–Kier alpha value is -0.920. The van der Waals surface area contributed by atoms with Gasteiger partial charge in [0, 0.05) is 6.26 Å². The molecule has 0 saturated carbocycles. The Bertz CT molecular complexity index is 666. The molecule has 0 aromatic heterocycles. The molecular formula is C15H15IO3S. The predicted octanol–water partition coefficient (Wildman–Crippen LogP) is 3.19. The highest BCUT2D eigenvalue weighted by atomic mass is 127. The average Bonchev–Trinajstić information content (AvgIpc) is 2.46. The molecule has 0 radical (unpaired) electrons. The monoisotopic (exact) mass is 402 g/mol. The van der Waals surface area contributed by atoms with Gasteiger partial charge in [-0.1, -0.05) is 77.2 Å². The van der Waals surface area contributed by atoms with Gasteiger partial charge in [0.2, 0.25) is 0 Å². The molecule has 0 unspecified atom stereocenters. The van der Waals surface area contributed by atoms with Crippen LogP contribution in [0.2, 0.25) is 0 Å². The Morgan fingerprint density at radius 3 is 1.95 bits per heavy atom. The number of hydrogen-bond donors (Lipinski definition) is 1. The molecular weight excluding hydrogens is 387 g/mol. The maximum Gasteiger partial charge on any atom is 0.162 e. The van der Waals surface area contributed by atoms with E-state index < -0.39 is 19.2 Å². The van der Waals surface area contributed by atoms with Gasteiger partial charge in [-0.3, -0.25) is 0 Å². The van der Waals surface area contributed by atoms with Crippen LogP contribution in [-0.4, -0.2) is 23.0 Å². The minimum absolute atomic E-state index is 0.606. The number of sulfone groups is 1. The van der Waals surface area contributed by atoms with Crippen molar-refractivity contribution in [3.63, 3.8) is 0 Å². The molecule has 2 aromatic carbocycles. The molecule has 0 spiro atoms. The summed E-state index contributed by atoms with van der Waals surface area (Å²) in [7, 11) is -3.28. The first-order valence-corrected chi connectivity index (χ1v) is 9.26. The Balaban J connectivity index is 2.25. The van der Waals surface area contributed by atoms with Crippen molar-refractivity contribution in [2.75, 3.05) is 6.26 Å². The van der Waals surface area contributed by atoms with Gasteiger partial charge in [-0.25, -0.2) is 8.42 Å². The molecule has 106 valence electrons. The third-order valence-corrected chi connectivity index (χ3v) is 7.54. The van der Waals surface area contributed by atoms with Crippen LogP contribution in [0.1, 0.15) is 11.7 Å². The van der Waals surface area contributed by atoms with E-state index in [4.69, 9.17) is 0 Å². The van der Waals surface area contributed by atoms with E-state index in [0.717, 1.165) is 17.4 Å². The standard InChI is InChI=1S/C15H15IO3S/c1-20(18,19)15(16)14(17)13-9-7-12(8-10-13)11-5-3-2-4-6-11/h2-10,14-15,17H,1H3/t14-,15+/m0/s1. The van der Waals surface area contributed by atoms with Crippen molar-refractivity contribution >= 4 is 32.4 Å². The maximum absolute atomic E-state index is 11.5. The number of alkyl halides is 1. The van der Waals surface area contributed by atoms with Gasteiger partial charge >= 0.3 is 0 Å². The van der Waals surface area contributed by atoms with E-state index in [1.165, 1.54) is 0 Å². The first kappa shape index (κ1) is 15.5. The van der Waals surface area contributed by atoms with Gasteiger partial charge < -0.3 is 5.11 Å². The summed E-state index contributed by atoms with van der Waals surface area (Å²) in [4.78, 5) is 0. The van der Waals surface area contributed by atoms with Crippen LogP contribution in [0.3, 0.4) is 0 Å². The second-order valence-corrected chi connectivity index (χ2v) is 8.97. The van der Waals surface area contributed by atoms with Gasteiger partial charge in [0.05, 0.1) is 0 Å². The van der Waals surface area contributed by atoms with Crippen molar-refractivity contribution in [2.24, 2.45) is 0 Å². The summed E-state index contributed by atoms with van der Waals surface area (Å²) >= 11 is 1.76. The zero-order valence-electron chi connectivity index (χ0n) is 10.9. The lowest BCUT2D eigenvalue weighted by atomic mass is 10.0. The lowest BCUT2D eigenvalue weighted by molar-refractivity contribution is 0.197. The summed E-state index contributed by atoms with van der Waals surface area (Å²) in [5.74, 6) is 0. The van der Waals surface area contributed by atoms with E-state index in [9.17, 15) is 13.5 Å². The second kappa shape index (κ2) is 6.24. The molecule has 20 heavy (non-hydrogen) atoms. The number of hydrogen-bond acceptors (Lipinski definition) is 3. The number of aliphatic hydroxyl groups excluding tert-OH is 1. The van der Waals surface area contributed by atoms with Crippen molar-refractivity contribution in [3.8, 4) is 11.1 Å². The summed E-state index contributed by atoms with van der Waals surface area (Å²) in [6.45, 7) is 0. The Morgan fingerprint density at radius 1 is 0.950 bits per heavy atom. The molecule has 3 nitrogen and oxygen atoms in total. The maximum atomic E-state index is 11.5. The largest absolute Gasteiger partial charge is 0.386 e. The molecule has 0 saturated heterocycles. The van der Waals surface area contributed by atoms with Gasteiger partial charge in [0.25, 0.3) is 0 Å². The third kappa shape index (κ3) is 3.59. The van der Waals surface area contributed by atoms with Gasteiger partial charge in [-0.15, -0.1) is 0 Å². The molecule has 0 aliphatic heterocycles. The summed E-state index contributed by atoms with van der Waals surface area (Å²) < 4.78 is 22.1. The average molecular weight is 402 g/mol. The molecule has 0 bridgehead atoms. The zero-order chi connectivity index (χ0) is 14.8. The fourth-order valence-electron chi connectivity index (χ4n) is 1.89. The quantitative estimate of drug-likeness (QED) is 0.632. The van der Waals surface area contributed by atoms with Crippen LogP contribution in [0.15, 0.2) is 54.6 Å². The highest BCUT2D eigenvalue weighted by molar-refractivity contribution is 14.1. The molecule has 1 N–H and O–H groups in total. The number of benzene rings is 2. The molecule has 0 aliphatic rings. The van der Waals surface area contributed by atoms with E-state index in [1.54, 1.807) is 34.7 Å². The lowest BCUT2D eigenvalue weighted by Gasteiger charge is -2.16. The van der Waals surface area contributed by atoms with Gasteiger partial charge in [-0.05, 0) is 16.7 Å². The van der Waals surface area contributed by atoms with Crippen LogP contribution in [0.4, 0.5) is 0 Å². The molecule has 0 heterocycles. The highest BCUT2D eigenvalue weighted by Crippen LogP contribution is 2.28. The van der Waals surface area contributed by atoms with Crippen LogP contribution < -0.4 is 0 Å². The smallest absolute Gasteiger partial charge is 0.162 e. The van der Waals surface area contributed by atoms with Crippen molar-refractivity contribution in [1.82, 2.24) is 0 Å². The molecule has 0 amide bonds. The Kier molecular flexibility index (Phi) is 4.82. The number of halogens is 1. The normalized spacial score (nSPS) is 14.8. The van der Waals surface area contributed by atoms with E-state index in [-0.39, 0.29) is 0 Å². The van der Waals surface area contributed by atoms with E-state index in [1.807, 2.05) is 42.5 Å². The topological polar surface area (TPSA) is 54.4 Å². The lowest BCUT2D eigenvalue weighted by Crippen LogP contribution is -2.21. The molecule has 2 aromatic rings. The minimum Gasteiger partial charge on any atom is -0.386 e. The molecule has 2 atom stereocenters. The van der Waals surface area contributed by atoms with Gasteiger partial charge in [0.1, 0.15) is 9.36 Å². The Morgan fingerprint density at radius 2 is 1.45 bits per heavy atom. The minimum atomic E-state index is -3.28. The van der Waals surface area contributed by atoms with E-state index >= 15 is 0 Å². The number of aliphatic hydroxyl groups is 1. The Labute approximate surface area is 132 Å². The molecule has 0 aliphatic carbocycles. The SMILES string of the molecule is CS(=O)(=O)[C@@H](I)[C@@H](O)c1ccc(-c2ccccc2)cc1. The summed E-state index contributed by atoms with van der Waals surface area (Å²) in [6, 6.07) is 17.2. The van der Waals surface area contributed by atoms with Gasteiger partial charge in [-0.2, -0.15) is 0 Å². The summed E-state index contributed by atoms with van der Waals surface area (Å²) in [5.41, 5.74) is 2.73. The van der Waals surface area contributed by atoms with E-state index in [0.29, 0.717) is 5.56 Å². The fraction of sp³-hybridized carbons (Fsp3) is 0.200. The first-order valence-electron chi connectivity index (χ1n) is 6.06. The van der Waals surface area contributed by atoms with Crippen molar-refractivity contribution in [1.29, 1.82) is 0 Å². The van der Waals surface area contributed by atoms with Crippen molar-refractivity contribution < 1.29 is 13.5 Å². The fourth-order valence-corrected chi connectivity index (χ4v) is 2.93. The van der Waals surface area contributed by atoms with E-state index in [2.05, 4.69) is 0 Å². The third-order valence-electron chi connectivity index (χ3n) is 3.02. The molecule has 5 heteroatoms. The summed E-state index contributed by atoms with van der Waals surface area (Å²) in [6.07, 6.45) is 0.112. The van der Waals surface area contributed by atoms with Crippen LogP contribution in [0.25, 0.3) is 11.1 Å².